The summed E-state index contributed by atoms with van der Waals surface area (Å²) < 4.78 is 27.7. The van der Waals surface area contributed by atoms with Crippen LogP contribution < -0.4 is 10.6 Å². The van der Waals surface area contributed by atoms with Gasteiger partial charge in [0, 0.05) is 0 Å². The molecule has 0 fully saturated rings. The second-order valence-electron chi connectivity index (χ2n) is 3.79. The molecule has 0 saturated carbocycles. The Kier molecular flexibility index (Phi) is 5.62. The molecule has 1 aromatic rings. The first-order valence-corrected chi connectivity index (χ1v) is 7.06. The Bertz CT molecular complexity index is 581. The van der Waals surface area contributed by atoms with E-state index in [0.29, 0.717) is 11.1 Å². The van der Waals surface area contributed by atoms with Crippen molar-refractivity contribution in [1.82, 2.24) is 4.89 Å². The fraction of sp³-hybridized carbons (Fsp3) is 0.273. The van der Waals surface area contributed by atoms with Crippen LogP contribution in [0.4, 0.5) is 0 Å². The molecule has 0 heterocycles. The molecule has 0 aliphatic heterocycles. The lowest BCUT2D eigenvalue weighted by Gasteiger charge is -2.06. The number of nitrogens with two attached hydrogens (primary N) is 1. The molecule has 110 valence electrons. The third kappa shape index (κ3) is 5.34. The van der Waals surface area contributed by atoms with Gasteiger partial charge in [0.2, 0.25) is 15.9 Å². The Morgan fingerprint density at radius 1 is 1.25 bits per heavy atom. The summed E-state index contributed by atoms with van der Waals surface area (Å²) in [5.41, 5.74) is 5.54. The zero-order valence-electron chi connectivity index (χ0n) is 10.7. The number of hydrogen-bond acceptors (Lipinski definition) is 6. The number of carbonyl (C=O) groups is 2. The number of carbonyl (C=O) groups excluding carboxylic acids is 2. The average Bonchev–Trinajstić information content (AvgIpc) is 2.37. The van der Waals surface area contributed by atoms with Crippen LogP contribution in [0.3, 0.4) is 0 Å². The fourth-order valence-electron chi connectivity index (χ4n) is 1.29. The number of primary amides is 1. The lowest BCUT2D eigenvalue weighted by atomic mass is 10.1. The van der Waals surface area contributed by atoms with Gasteiger partial charge in [-0.1, -0.05) is 17.0 Å². The van der Waals surface area contributed by atoms with Crippen molar-refractivity contribution >= 4 is 21.9 Å². The first-order chi connectivity index (χ1) is 9.34. The van der Waals surface area contributed by atoms with Gasteiger partial charge in [0.05, 0.1) is 18.4 Å². The molecule has 1 rings (SSSR count). The van der Waals surface area contributed by atoms with Gasteiger partial charge in [0.1, 0.15) is 6.61 Å². The van der Waals surface area contributed by atoms with Crippen molar-refractivity contribution in [2.75, 3.05) is 13.7 Å². The van der Waals surface area contributed by atoms with Crippen molar-refractivity contribution in [3.8, 4) is 0 Å². The Labute approximate surface area is 115 Å². The second kappa shape index (κ2) is 6.98. The van der Waals surface area contributed by atoms with Gasteiger partial charge in [-0.2, -0.15) is 0 Å². The van der Waals surface area contributed by atoms with Crippen LogP contribution in [0.5, 0.6) is 0 Å². The summed E-state index contributed by atoms with van der Waals surface area (Å²) in [4.78, 5) is 27.8. The summed E-state index contributed by atoms with van der Waals surface area (Å²) in [6, 6.07) is 5.83. The average molecular weight is 302 g/mol. The van der Waals surface area contributed by atoms with E-state index in [1.54, 1.807) is 4.89 Å². The first kappa shape index (κ1) is 16.1. The predicted molar refractivity (Wildman–Crippen MR) is 68.7 cm³/mol. The number of rotatable bonds is 7. The molecule has 3 N–H and O–H groups in total. The summed E-state index contributed by atoms with van der Waals surface area (Å²) >= 11 is 0. The zero-order chi connectivity index (χ0) is 15.2. The summed E-state index contributed by atoms with van der Waals surface area (Å²) in [6.45, 7) is -0.555. The van der Waals surface area contributed by atoms with Crippen LogP contribution in [-0.2, 0) is 30.1 Å². The monoisotopic (exact) mass is 302 g/mol. The Hall–Kier alpha value is -1.97. The van der Waals surface area contributed by atoms with Crippen LogP contribution in [0.2, 0.25) is 0 Å². The molecule has 0 spiro atoms. The molecule has 0 aliphatic rings. The van der Waals surface area contributed by atoms with Gasteiger partial charge in [0.25, 0.3) is 0 Å². The van der Waals surface area contributed by atoms with E-state index >= 15 is 0 Å². The molecular weight excluding hydrogens is 288 g/mol. The minimum absolute atomic E-state index is 0.312. The first-order valence-electron chi connectivity index (χ1n) is 5.41. The lowest BCUT2D eigenvalue weighted by Crippen LogP contribution is -2.30. The number of esters is 1. The lowest BCUT2D eigenvalue weighted by molar-refractivity contribution is -0.123. The number of ether oxygens (including phenoxy) is 1. The van der Waals surface area contributed by atoms with Crippen molar-refractivity contribution in [2.45, 2.75) is 5.75 Å². The highest BCUT2D eigenvalue weighted by atomic mass is 32.2. The fourth-order valence-corrected chi connectivity index (χ4v) is 2.22. The molecule has 0 saturated heterocycles. The van der Waals surface area contributed by atoms with Crippen LogP contribution >= 0.6 is 0 Å². The van der Waals surface area contributed by atoms with E-state index in [4.69, 9.17) is 5.73 Å². The third-order valence-corrected chi connectivity index (χ3v) is 3.22. The maximum atomic E-state index is 11.6. The van der Waals surface area contributed by atoms with E-state index < -0.39 is 28.5 Å². The van der Waals surface area contributed by atoms with Crippen molar-refractivity contribution in [2.24, 2.45) is 5.73 Å². The van der Waals surface area contributed by atoms with Gasteiger partial charge >= 0.3 is 5.97 Å². The van der Waals surface area contributed by atoms with E-state index in [1.807, 2.05) is 0 Å². The van der Waals surface area contributed by atoms with Crippen LogP contribution in [-0.4, -0.2) is 34.0 Å². The SMILES string of the molecule is COC(=O)c1ccc(CS(=O)(=O)NOCC(N)=O)cc1. The maximum absolute atomic E-state index is 11.6. The Balaban J connectivity index is 2.63. The highest BCUT2D eigenvalue weighted by Crippen LogP contribution is 2.08. The topological polar surface area (TPSA) is 125 Å². The van der Waals surface area contributed by atoms with Crippen molar-refractivity contribution in [1.29, 1.82) is 0 Å². The predicted octanol–water partition coefficient (Wildman–Crippen LogP) is -0.690. The largest absolute Gasteiger partial charge is 0.465 e. The number of amides is 1. The normalized spacial score (nSPS) is 11.1. The summed E-state index contributed by atoms with van der Waals surface area (Å²) in [6.07, 6.45) is 0. The van der Waals surface area contributed by atoms with Crippen LogP contribution in [0, 0.1) is 0 Å². The number of methoxy groups -OCH3 is 1. The molecule has 8 nitrogen and oxygen atoms in total. The van der Waals surface area contributed by atoms with Gasteiger partial charge in [-0.15, -0.1) is 0 Å². The van der Waals surface area contributed by atoms with Gasteiger partial charge in [-0.05, 0) is 17.7 Å². The smallest absolute Gasteiger partial charge is 0.337 e. The maximum Gasteiger partial charge on any atom is 0.337 e. The molecule has 0 radical (unpaired) electrons. The van der Waals surface area contributed by atoms with E-state index in [-0.39, 0.29) is 5.75 Å². The minimum Gasteiger partial charge on any atom is -0.465 e. The standard InChI is InChI=1S/C11H14N2O6S/c1-18-11(15)9-4-2-8(3-5-9)7-20(16,17)13-19-6-10(12)14/h2-5,13H,6-7H2,1H3,(H2,12,14). The molecule has 20 heavy (non-hydrogen) atoms. The van der Waals surface area contributed by atoms with Gasteiger partial charge in [0.15, 0.2) is 0 Å². The quantitative estimate of drug-likeness (QED) is 0.507. The van der Waals surface area contributed by atoms with Crippen molar-refractivity contribution in [3.63, 3.8) is 0 Å². The number of nitrogens with one attached hydrogen (secondary N) is 1. The third-order valence-electron chi connectivity index (χ3n) is 2.13. The second-order valence-corrected chi connectivity index (χ2v) is 5.47. The number of benzene rings is 1. The van der Waals surface area contributed by atoms with Gasteiger partial charge in [-0.25, -0.2) is 13.2 Å². The number of sulfonamides is 1. The molecule has 0 unspecified atom stereocenters. The highest BCUT2D eigenvalue weighted by Gasteiger charge is 2.13. The van der Waals surface area contributed by atoms with E-state index in [1.165, 1.54) is 31.4 Å². The summed E-state index contributed by atoms with van der Waals surface area (Å²) in [5.74, 6) is -1.68. The number of hydrogen-bond donors (Lipinski definition) is 2. The van der Waals surface area contributed by atoms with Crippen molar-refractivity contribution in [3.05, 3.63) is 35.4 Å². The van der Waals surface area contributed by atoms with Gasteiger partial charge in [-0.3, -0.25) is 9.63 Å². The molecule has 0 bridgehead atoms. The van der Waals surface area contributed by atoms with Crippen LogP contribution in [0.1, 0.15) is 15.9 Å². The van der Waals surface area contributed by atoms with E-state index in [2.05, 4.69) is 9.57 Å². The molecule has 0 atom stereocenters. The van der Waals surface area contributed by atoms with E-state index in [9.17, 15) is 18.0 Å². The highest BCUT2D eigenvalue weighted by molar-refractivity contribution is 7.88. The Morgan fingerprint density at radius 2 is 1.85 bits per heavy atom. The molecule has 9 heteroatoms. The minimum atomic E-state index is -3.77. The summed E-state index contributed by atoms with van der Waals surface area (Å²) in [5, 5.41) is 0. The van der Waals surface area contributed by atoms with Gasteiger partial charge < -0.3 is 10.5 Å². The molecular formula is C11H14N2O6S. The van der Waals surface area contributed by atoms with E-state index in [0.717, 1.165) is 0 Å². The Morgan fingerprint density at radius 3 is 2.35 bits per heavy atom. The zero-order valence-corrected chi connectivity index (χ0v) is 11.5. The molecule has 1 aromatic carbocycles. The molecule has 0 aliphatic carbocycles. The van der Waals surface area contributed by atoms with Crippen LogP contribution in [0.15, 0.2) is 24.3 Å². The molecule has 1 amide bonds. The molecule has 0 aromatic heterocycles. The van der Waals surface area contributed by atoms with Crippen LogP contribution in [0.25, 0.3) is 0 Å². The van der Waals surface area contributed by atoms with Crippen molar-refractivity contribution < 1.29 is 27.6 Å². The summed E-state index contributed by atoms with van der Waals surface area (Å²) in [7, 11) is -2.51.